The molecule has 0 radical (unpaired) electrons. The van der Waals surface area contributed by atoms with Crippen molar-refractivity contribution in [3.8, 4) is 5.75 Å². The number of benzene rings is 1. The zero-order chi connectivity index (χ0) is 18.1. The van der Waals surface area contributed by atoms with Crippen LogP contribution in [0.2, 0.25) is 0 Å². The first kappa shape index (κ1) is 17.8. The Balaban J connectivity index is 1.31. The molecule has 0 spiro atoms. The van der Waals surface area contributed by atoms with E-state index in [1.54, 1.807) is 0 Å². The van der Waals surface area contributed by atoms with Gasteiger partial charge in [-0.1, -0.05) is 0 Å². The summed E-state index contributed by atoms with van der Waals surface area (Å²) in [5, 5.41) is 3.09. The summed E-state index contributed by atoms with van der Waals surface area (Å²) in [5.74, 6) is 1.99. The third-order valence-corrected chi connectivity index (χ3v) is 6.59. The van der Waals surface area contributed by atoms with E-state index in [1.807, 2.05) is 25.1 Å². The van der Waals surface area contributed by atoms with E-state index < -0.39 is 0 Å². The number of nitrogens with zero attached hydrogens (tertiary/aromatic N) is 1. The van der Waals surface area contributed by atoms with Crippen molar-refractivity contribution in [2.24, 2.45) is 23.5 Å². The molecule has 2 saturated carbocycles. The predicted molar refractivity (Wildman–Crippen MR) is 103 cm³/mol. The summed E-state index contributed by atoms with van der Waals surface area (Å²) in [6, 6.07) is 5.94. The zero-order valence-corrected chi connectivity index (χ0v) is 15.7. The minimum atomic E-state index is -0.0227. The average molecular weight is 357 g/mol. The van der Waals surface area contributed by atoms with Crippen molar-refractivity contribution in [3.05, 3.63) is 23.8 Å². The van der Waals surface area contributed by atoms with Crippen LogP contribution in [0.1, 0.15) is 37.7 Å². The first-order chi connectivity index (χ1) is 12.6. The molecule has 2 aliphatic carbocycles. The summed E-state index contributed by atoms with van der Waals surface area (Å²) < 4.78 is 5.94. The molecule has 5 nitrogen and oxygen atoms in total. The standard InChI is InChI=1S/C21H31N3O2/c1-14-12-17(6-7-18(14)26-11-10-24-8-2-3-9-24)23-21(25)19-15-4-5-16(13-15)20(19)22/h6-7,12,15-16,19-20H,2-5,8-11,13,22H2,1H3,(H,23,25). The number of nitrogens with one attached hydrogen (secondary N) is 1. The molecule has 4 atom stereocenters. The van der Waals surface area contributed by atoms with Crippen molar-refractivity contribution in [2.45, 2.75) is 45.1 Å². The largest absolute Gasteiger partial charge is 0.492 e. The molecule has 0 aromatic heterocycles. The van der Waals surface area contributed by atoms with Gasteiger partial charge >= 0.3 is 0 Å². The maximum atomic E-state index is 12.7. The second-order valence-electron chi connectivity index (χ2n) is 8.30. The highest BCUT2D eigenvalue weighted by atomic mass is 16.5. The van der Waals surface area contributed by atoms with Gasteiger partial charge in [-0.15, -0.1) is 0 Å². The summed E-state index contributed by atoms with van der Waals surface area (Å²) in [6.07, 6.45) is 6.08. The van der Waals surface area contributed by atoms with Gasteiger partial charge in [-0.25, -0.2) is 0 Å². The lowest BCUT2D eigenvalue weighted by atomic mass is 9.84. The van der Waals surface area contributed by atoms with Crippen LogP contribution in [0.4, 0.5) is 5.69 Å². The van der Waals surface area contributed by atoms with Gasteiger partial charge in [-0.05, 0) is 87.7 Å². The van der Waals surface area contributed by atoms with Gasteiger partial charge in [-0.3, -0.25) is 9.69 Å². The molecule has 1 aromatic rings. The lowest BCUT2D eigenvalue weighted by Gasteiger charge is -2.27. The molecule has 4 rings (SSSR count). The van der Waals surface area contributed by atoms with E-state index in [-0.39, 0.29) is 17.9 Å². The minimum Gasteiger partial charge on any atom is -0.492 e. The van der Waals surface area contributed by atoms with Crippen molar-refractivity contribution < 1.29 is 9.53 Å². The van der Waals surface area contributed by atoms with E-state index in [9.17, 15) is 4.79 Å². The van der Waals surface area contributed by atoms with Gasteiger partial charge < -0.3 is 15.8 Å². The molecule has 3 fully saturated rings. The number of anilines is 1. The molecule has 1 aromatic carbocycles. The Morgan fingerprint density at radius 2 is 2.04 bits per heavy atom. The molecule has 2 bridgehead atoms. The van der Waals surface area contributed by atoms with Crippen LogP contribution >= 0.6 is 0 Å². The molecule has 1 aliphatic heterocycles. The van der Waals surface area contributed by atoms with Crippen LogP contribution in [-0.2, 0) is 4.79 Å². The first-order valence-electron chi connectivity index (χ1n) is 10.1. The topological polar surface area (TPSA) is 67.6 Å². The van der Waals surface area contributed by atoms with Crippen LogP contribution in [0.5, 0.6) is 5.75 Å². The number of hydrogen-bond acceptors (Lipinski definition) is 4. The lowest BCUT2D eigenvalue weighted by Crippen LogP contribution is -2.42. The van der Waals surface area contributed by atoms with Crippen LogP contribution < -0.4 is 15.8 Å². The Kier molecular flexibility index (Phi) is 5.18. The van der Waals surface area contributed by atoms with E-state index in [0.717, 1.165) is 36.4 Å². The number of nitrogens with two attached hydrogens (primary N) is 1. The third kappa shape index (κ3) is 3.60. The Morgan fingerprint density at radius 1 is 1.27 bits per heavy atom. The summed E-state index contributed by atoms with van der Waals surface area (Å²) >= 11 is 0. The fourth-order valence-electron chi connectivity index (χ4n) is 5.13. The Labute approximate surface area is 156 Å². The highest BCUT2D eigenvalue weighted by Crippen LogP contribution is 2.47. The third-order valence-electron chi connectivity index (χ3n) is 6.59. The molecule has 3 N–H and O–H groups in total. The molecule has 1 amide bonds. The van der Waals surface area contributed by atoms with Gasteiger partial charge in [0.05, 0.1) is 5.92 Å². The molecule has 3 aliphatic rings. The highest BCUT2D eigenvalue weighted by Gasteiger charge is 2.49. The van der Waals surface area contributed by atoms with Crippen molar-refractivity contribution in [1.29, 1.82) is 0 Å². The minimum absolute atomic E-state index is 0.0227. The van der Waals surface area contributed by atoms with Gasteiger partial charge in [0.25, 0.3) is 0 Å². The lowest BCUT2D eigenvalue weighted by molar-refractivity contribution is -0.121. The number of likely N-dealkylation sites (tertiary alicyclic amines) is 1. The number of amides is 1. The fraction of sp³-hybridized carbons (Fsp3) is 0.667. The van der Waals surface area contributed by atoms with E-state index >= 15 is 0 Å². The highest BCUT2D eigenvalue weighted by molar-refractivity contribution is 5.93. The van der Waals surface area contributed by atoms with Gasteiger partial charge in [0, 0.05) is 18.3 Å². The van der Waals surface area contributed by atoms with E-state index in [1.165, 1.54) is 32.4 Å². The van der Waals surface area contributed by atoms with Crippen molar-refractivity contribution >= 4 is 11.6 Å². The van der Waals surface area contributed by atoms with Crippen molar-refractivity contribution in [3.63, 3.8) is 0 Å². The molecule has 1 heterocycles. The van der Waals surface area contributed by atoms with Crippen LogP contribution in [0, 0.1) is 24.7 Å². The molecular weight excluding hydrogens is 326 g/mol. The molecule has 5 heteroatoms. The van der Waals surface area contributed by atoms with Gasteiger partial charge in [0.15, 0.2) is 0 Å². The number of hydrogen-bond donors (Lipinski definition) is 2. The molecule has 1 saturated heterocycles. The molecule has 4 unspecified atom stereocenters. The summed E-state index contributed by atoms with van der Waals surface area (Å²) in [4.78, 5) is 15.1. The quantitative estimate of drug-likeness (QED) is 0.821. The van der Waals surface area contributed by atoms with E-state index in [4.69, 9.17) is 10.5 Å². The SMILES string of the molecule is Cc1cc(NC(=O)C2C3CCC(C3)C2N)ccc1OCCN1CCCC1. The number of carbonyl (C=O) groups excluding carboxylic acids is 1. The normalized spacial score (nSPS) is 30.7. The number of ether oxygens (including phenoxy) is 1. The van der Waals surface area contributed by atoms with Crippen LogP contribution in [0.15, 0.2) is 18.2 Å². The zero-order valence-electron chi connectivity index (χ0n) is 15.7. The molecule has 26 heavy (non-hydrogen) atoms. The maximum absolute atomic E-state index is 12.7. The van der Waals surface area contributed by atoms with Crippen LogP contribution in [-0.4, -0.2) is 43.1 Å². The molecule has 142 valence electrons. The van der Waals surface area contributed by atoms with Crippen LogP contribution in [0.25, 0.3) is 0 Å². The second-order valence-corrected chi connectivity index (χ2v) is 8.30. The monoisotopic (exact) mass is 357 g/mol. The van der Waals surface area contributed by atoms with Crippen molar-refractivity contribution in [1.82, 2.24) is 4.90 Å². The van der Waals surface area contributed by atoms with E-state index in [2.05, 4.69) is 10.2 Å². The maximum Gasteiger partial charge on any atom is 0.229 e. The second kappa shape index (κ2) is 7.57. The summed E-state index contributed by atoms with van der Waals surface area (Å²) in [5.41, 5.74) is 8.19. The molecular formula is C21H31N3O2. The number of carbonyl (C=O) groups is 1. The number of aryl methyl sites for hydroxylation is 1. The van der Waals surface area contributed by atoms with E-state index in [0.29, 0.717) is 18.4 Å². The average Bonchev–Trinajstić information content (AvgIpc) is 3.34. The predicted octanol–water partition coefficient (Wildman–Crippen LogP) is 2.78. The van der Waals surface area contributed by atoms with Crippen molar-refractivity contribution in [2.75, 3.05) is 31.6 Å². The van der Waals surface area contributed by atoms with Crippen LogP contribution in [0.3, 0.4) is 0 Å². The van der Waals surface area contributed by atoms with Gasteiger partial charge in [0.1, 0.15) is 12.4 Å². The summed E-state index contributed by atoms with van der Waals surface area (Å²) in [6.45, 7) is 6.12. The first-order valence-corrected chi connectivity index (χ1v) is 10.1. The Bertz CT molecular complexity index is 655. The Morgan fingerprint density at radius 3 is 2.73 bits per heavy atom. The summed E-state index contributed by atoms with van der Waals surface area (Å²) in [7, 11) is 0. The fourth-order valence-corrected chi connectivity index (χ4v) is 5.13. The number of fused-ring (bicyclic) bond motifs is 2. The van der Waals surface area contributed by atoms with Gasteiger partial charge in [0.2, 0.25) is 5.91 Å². The number of rotatable bonds is 6. The Hall–Kier alpha value is -1.59. The smallest absolute Gasteiger partial charge is 0.229 e. The van der Waals surface area contributed by atoms with Gasteiger partial charge in [-0.2, -0.15) is 0 Å².